The molecule has 118 valence electrons. The Labute approximate surface area is 129 Å². The second-order valence-electron chi connectivity index (χ2n) is 6.32. The van der Waals surface area contributed by atoms with Gasteiger partial charge in [0.15, 0.2) is 0 Å². The van der Waals surface area contributed by atoms with Crippen molar-refractivity contribution in [1.82, 2.24) is 4.90 Å². The predicted molar refractivity (Wildman–Crippen MR) is 89.7 cm³/mol. The first-order valence-electron chi connectivity index (χ1n) is 8.38. The van der Waals surface area contributed by atoms with Gasteiger partial charge in [0.05, 0.1) is 6.61 Å². The summed E-state index contributed by atoms with van der Waals surface area (Å²) in [5.74, 6) is 0.916. The van der Waals surface area contributed by atoms with Crippen LogP contribution in [0.4, 0.5) is 5.69 Å². The number of benzene rings is 1. The third-order valence-corrected chi connectivity index (χ3v) is 5.18. The first kappa shape index (κ1) is 16.2. The van der Waals surface area contributed by atoms with Gasteiger partial charge in [-0.2, -0.15) is 0 Å². The number of hydrogen-bond donors (Lipinski definition) is 1. The number of anilines is 1. The van der Waals surface area contributed by atoms with Crippen LogP contribution in [0.1, 0.15) is 46.0 Å². The highest BCUT2D eigenvalue weighted by Gasteiger charge is 2.30. The van der Waals surface area contributed by atoms with E-state index in [1.54, 1.807) is 0 Å². The van der Waals surface area contributed by atoms with Crippen LogP contribution in [0, 0.1) is 5.41 Å². The molecule has 1 fully saturated rings. The number of nitrogens with two attached hydrogens (primary N) is 1. The number of hydrogen-bond acceptors (Lipinski definition) is 3. The fourth-order valence-corrected chi connectivity index (χ4v) is 3.25. The van der Waals surface area contributed by atoms with Crippen LogP contribution < -0.4 is 10.5 Å². The quantitative estimate of drug-likeness (QED) is 0.610. The van der Waals surface area contributed by atoms with Gasteiger partial charge in [-0.25, -0.2) is 0 Å². The monoisotopic (exact) mass is 290 g/mol. The maximum absolute atomic E-state index is 5.75. The van der Waals surface area contributed by atoms with Crippen molar-refractivity contribution in [3.8, 4) is 5.75 Å². The number of nitrogens with zero attached hydrogens (tertiary/aromatic N) is 1. The van der Waals surface area contributed by atoms with Gasteiger partial charge in [-0.1, -0.05) is 26.7 Å². The third kappa shape index (κ3) is 4.63. The molecule has 3 nitrogen and oxygen atoms in total. The van der Waals surface area contributed by atoms with E-state index in [2.05, 4.69) is 18.7 Å². The molecule has 1 aliphatic rings. The van der Waals surface area contributed by atoms with Crippen molar-refractivity contribution in [2.24, 2.45) is 5.41 Å². The molecular formula is C18H30N2O. The van der Waals surface area contributed by atoms with E-state index in [0.29, 0.717) is 5.41 Å². The first-order valence-corrected chi connectivity index (χ1v) is 8.38. The summed E-state index contributed by atoms with van der Waals surface area (Å²) in [6.45, 7) is 9.14. The van der Waals surface area contributed by atoms with Crippen molar-refractivity contribution in [3.63, 3.8) is 0 Å². The molecule has 0 saturated carbocycles. The molecule has 3 heteroatoms. The minimum atomic E-state index is 0.622. The summed E-state index contributed by atoms with van der Waals surface area (Å²) in [6.07, 6.45) is 6.47. The van der Waals surface area contributed by atoms with E-state index in [9.17, 15) is 0 Å². The van der Waals surface area contributed by atoms with E-state index in [4.69, 9.17) is 10.5 Å². The summed E-state index contributed by atoms with van der Waals surface area (Å²) in [5, 5.41) is 0. The average molecular weight is 290 g/mol. The molecule has 2 N–H and O–H groups in total. The van der Waals surface area contributed by atoms with Crippen molar-refractivity contribution in [3.05, 3.63) is 24.3 Å². The second-order valence-corrected chi connectivity index (χ2v) is 6.32. The van der Waals surface area contributed by atoms with Gasteiger partial charge in [-0.05, 0) is 62.0 Å². The molecule has 0 spiro atoms. The minimum Gasteiger partial charge on any atom is -0.494 e. The molecule has 0 radical (unpaired) electrons. The lowest BCUT2D eigenvalue weighted by atomic mass is 9.74. The Kier molecular flexibility index (Phi) is 5.92. The molecule has 1 aromatic rings. The van der Waals surface area contributed by atoms with Crippen LogP contribution in [-0.2, 0) is 0 Å². The van der Waals surface area contributed by atoms with Crippen molar-refractivity contribution in [2.45, 2.75) is 46.0 Å². The van der Waals surface area contributed by atoms with Gasteiger partial charge in [0.1, 0.15) is 5.75 Å². The van der Waals surface area contributed by atoms with Gasteiger partial charge >= 0.3 is 0 Å². The molecule has 2 rings (SSSR count). The third-order valence-electron chi connectivity index (χ3n) is 5.18. The van der Waals surface area contributed by atoms with Gasteiger partial charge < -0.3 is 15.4 Å². The molecule has 0 bridgehead atoms. The molecule has 21 heavy (non-hydrogen) atoms. The lowest BCUT2D eigenvalue weighted by molar-refractivity contribution is 0.0915. The SMILES string of the molecule is CCC1(CC)CCN(CCCOc2ccc(N)cc2)CC1. The van der Waals surface area contributed by atoms with Crippen LogP contribution in [-0.4, -0.2) is 31.1 Å². The Morgan fingerprint density at radius 1 is 1.10 bits per heavy atom. The lowest BCUT2D eigenvalue weighted by Crippen LogP contribution is -2.40. The van der Waals surface area contributed by atoms with Gasteiger partial charge in [0, 0.05) is 12.2 Å². The van der Waals surface area contributed by atoms with E-state index in [1.165, 1.54) is 38.8 Å². The fourth-order valence-electron chi connectivity index (χ4n) is 3.25. The predicted octanol–water partition coefficient (Wildman–Crippen LogP) is 3.94. The van der Waals surface area contributed by atoms with Crippen LogP contribution in [0.15, 0.2) is 24.3 Å². The van der Waals surface area contributed by atoms with Crippen LogP contribution in [0.25, 0.3) is 0 Å². The Morgan fingerprint density at radius 2 is 1.71 bits per heavy atom. The van der Waals surface area contributed by atoms with E-state index >= 15 is 0 Å². The Bertz CT molecular complexity index is 402. The van der Waals surface area contributed by atoms with Gasteiger partial charge in [0.25, 0.3) is 0 Å². The molecule has 1 aliphatic heterocycles. The topological polar surface area (TPSA) is 38.5 Å². The molecule has 0 aliphatic carbocycles. The minimum absolute atomic E-state index is 0.622. The van der Waals surface area contributed by atoms with Crippen molar-refractivity contribution in [2.75, 3.05) is 32.0 Å². The van der Waals surface area contributed by atoms with Crippen molar-refractivity contribution < 1.29 is 4.74 Å². The molecule has 0 atom stereocenters. The second kappa shape index (κ2) is 7.69. The average Bonchev–Trinajstić information content (AvgIpc) is 2.54. The van der Waals surface area contributed by atoms with Gasteiger partial charge in [-0.15, -0.1) is 0 Å². The molecule has 1 aromatic carbocycles. The highest BCUT2D eigenvalue weighted by molar-refractivity contribution is 5.41. The maximum Gasteiger partial charge on any atom is 0.119 e. The van der Waals surface area contributed by atoms with Crippen LogP contribution >= 0.6 is 0 Å². The molecular weight excluding hydrogens is 260 g/mol. The zero-order valence-corrected chi connectivity index (χ0v) is 13.6. The fraction of sp³-hybridized carbons (Fsp3) is 0.667. The summed E-state index contributed by atoms with van der Waals surface area (Å²) in [5.41, 5.74) is 7.07. The maximum atomic E-state index is 5.75. The normalized spacial score (nSPS) is 18.6. The number of piperidine rings is 1. The van der Waals surface area contributed by atoms with E-state index in [-0.39, 0.29) is 0 Å². The standard InChI is InChI=1S/C18H30N2O/c1-3-18(4-2)10-13-20(14-11-18)12-5-15-21-17-8-6-16(19)7-9-17/h6-9H,3-5,10-15,19H2,1-2H3. The van der Waals surface area contributed by atoms with Crippen molar-refractivity contribution in [1.29, 1.82) is 0 Å². The zero-order valence-electron chi connectivity index (χ0n) is 13.6. The highest BCUT2D eigenvalue weighted by atomic mass is 16.5. The first-order chi connectivity index (χ1) is 10.2. The summed E-state index contributed by atoms with van der Waals surface area (Å²) in [4.78, 5) is 2.59. The Hall–Kier alpha value is -1.22. The number of likely N-dealkylation sites (tertiary alicyclic amines) is 1. The molecule has 1 heterocycles. The number of ether oxygens (including phenoxy) is 1. The van der Waals surface area contributed by atoms with Crippen LogP contribution in [0.5, 0.6) is 5.75 Å². The van der Waals surface area contributed by atoms with Crippen LogP contribution in [0.3, 0.4) is 0 Å². The van der Waals surface area contributed by atoms with Gasteiger partial charge in [-0.3, -0.25) is 0 Å². The highest BCUT2D eigenvalue weighted by Crippen LogP contribution is 2.37. The molecule has 0 amide bonds. The van der Waals surface area contributed by atoms with Crippen LogP contribution in [0.2, 0.25) is 0 Å². The Morgan fingerprint density at radius 3 is 2.29 bits per heavy atom. The molecule has 0 aromatic heterocycles. The summed E-state index contributed by atoms with van der Waals surface area (Å²) < 4.78 is 5.75. The Balaban J connectivity index is 1.63. The van der Waals surface area contributed by atoms with E-state index in [1.807, 2.05) is 24.3 Å². The van der Waals surface area contributed by atoms with E-state index < -0.39 is 0 Å². The zero-order chi connectivity index (χ0) is 15.1. The number of nitrogen functional groups attached to an aromatic ring is 1. The summed E-state index contributed by atoms with van der Waals surface area (Å²) >= 11 is 0. The lowest BCUT2D eigenvalue weighted by Gasteiger charge is -2.41. The van der Waals surface area contributed by atoms with E-state index in [0.717, 1.165) is 31.0 Å². The summed E-state index contributed by atoms with van der Waals surface area (Å²) in [6, 6.07) is 7.64. The number of rotatable bonds is 7. The van der Waals surface area contributed by atoms with Gasteiger partial charge in [0.2, 0.25) is 0 Å². The summed E-state index contributed by atoms with van der Waals surface area (Å²) in [7, 11) is 0. The molecule has 0 unspecified atom stereocenters. The smallest absolute Gasteiger partial charge is 0.119 e. The van der Waals surface area contributed by atoms with Crippen molar-refractivity contribution >= 4 is 5.69 Å². The molecule has 1 saturated heterocycles. The largest absolute Gasteiger partial charge is 0.494 e.